The third kappa shape index (κ3) is 10.5. The van der Waals surface area contributed by atoms with Gasteiger partial charge in [-0.1, -0.05) is 12.2 Å². The van der Waals surface area contributed by atoms with Crippen molar-refractivity contribution in [3.63, 3.8) is 0 Å². The summed E-state index contributed by atoms with van der Waals surface area (Å²) in [5, 5.41) is 14.0. The van der Waals surface area contributed by atoms with E-state index in [9.17, 15) is 14.4 Å². The van der Waals surface area contributed by atoms with E-state index < -0.39 is 5.92 Å². The molecule has 0 spiro atoms. The number of amides is 2. The number of esters is 1. The van der Waals surface area contributed by atoms with Gasteiger partial charge in [0, 0.05) is 19.4 Å². The smallest absolute Gasteiger partial charge is 0.305 e. The van der Waals surface area contributed by atoms with Gasteiger partial charge in [-0.05, 0) is 19.3 Å². The van der Waals surface area contributed by atoms with Gasteiger partial charge in [0.1, 0.15) is 6.61 Å². The molecule has 0 aromatic heterocycles. The van der Waals surface area contributed by atoms with E-state index in [1.807, 2.05) is 12.2 Å². The van der Waals surface area contributed by atoms with Gasteiger partial charge in [0.2, 0.25) is 11.8 Å². The van der Waals surface area contributed by atoms with Crippen molar-refractivity contribution in [1.29, 1.82) is 0 Å². The highest BCUT2D eigenvalue weighted by molar-refractivity contribution is 5.85. The maximum atomic E-state index is 12.2. The number of carbonyl (C=O) groups is 3. The second kappa shape index (κ2) is 13.4. The van der Waals surface area contributed by atoms with Gasteiger partial charge in [-0.3, -0.25) is 14.4 Å². The van der Waals surface area contributed by atoms with Crippen LogP contribution in [0.5, 0.6) is 0 Å². The molecule has 2 amide bonds. The van der Waals surface area contributed by atoms with Crippen LogP contribution in [-0.2, 0) is 23.9 Å². The lowest BCUT2D eigenvalue weighted by Crippen LogP contribution is -2.37. The normalized spacial score (nSPS) is 19.8. The van der Waals surface area contributed by atoms with Crippen molar-refractivity contribution in [3.05, 3.63) is 12.2 Å². The van der Waals surface area contributed by atoms with Crippen molar-refractivity contribution in [2.45, 2.75) is 32.1 Å². The molecule has 1 aliphatic heterocycles. The Balaban J connectivity index is 2.44. The van der Waals surface area contributed by atoms with Gasteiger partial charge >= 0.3 is 5.97 Å². The van der Waals surface area contributed by atoms with Gasteiger partial charge in [-0.15, -0.1) is 0 Å². The Hall–Kier alpha value is -1.93. The van der Waals surface area contributed by atoms with Crippen molar-refractivity contribution >= 4 is 17.8 Å². The molecule has 3 N–H and O–H groups in total. The van der Waals surface area contributed by atoms with Crippen LogP contribution in [-0.4, -0.2) is 62.4 Å². The topological polar surface area (TPSA) is 114 Å². The zero-order valence-electron chi connectivity index (χ0n) is 14.5. The van der Waals surface area contributed by atoms with Crippen molar-refractivity contribution in [3.8, 4) is 0 Å². The van der Waals surface area contributed by atoms with Gasteiger partial charge < -0.3 is 25.2 Å². The number of allylic oxidation sites excluding steroid dienone is 2. The molecular formula is C17H28N2O6. The highest BCUT2D eigenvalue weighted by atomic mass is 16.5. The van der Waals surface area contributed by atoms with Crippen molar-refractivity contribution in [1.82, 2.24) is 10.6 Å². The molecule has 0 saturated heterocycles. The van der Waals surface area contributed by atoms with Crippen LogP contribution >= 0.6 is 0 Å². The monoisotopic (exact) mass is 356 g/mol. The molecule has 0 aromatic carbocycles. The van der Waals surface area contributed by atoms with Crippen molar-refractivity contribution in [2.75, 3.05) is 39.5 Å². The number of hydrogen-bond donors (Lipinski definition) is 3. The molecule has 0 aliphatic carbocycles. The molecule has 1 aliphatic rings. The summed E-state index contributed by atoms with van der Waals surface area (Å²) in [4.78, 5) is 35.6. The maximum absolute atomic E-state index is 12.2. The van der Waals surface area contributed by atoms with Crippen LogP contribution in [0.1, 0.15) is 32.1 Å². The molecule has 0 bridgehead atoms. The number of aliphatic hydroxyl groups excluding tert-OH is 1. The highest BCUT2D eigenvalue weighted by Crippen LogP contribution is 2.11. The fourth-order valence-electron chi connectivity index (χ4n) is 2.31. The first-order valence-electron chi connectivity index (χ1n) is 8.67. The number of aliphatic hydroxyl groups is 1. The molecule has 1 heterocycles. The summed E-state index contributed by atoms with van der Waals surface area (Å²) < 4.78 is 10.1. The van der Waals surface area contributed by atoms with Gasteiger partial charge in [-0.2, -0.15) is 0 Å². The molecule has 25 heavy (non-hydrogen) atoms. The summed E-state index contributed by atoms with van der Waals surface area (Å²) in [6.45, 7) is 1.20. The lowest BCUT2D eigenvalue weighted by atomic mass is 9.99. The molecule has 1 atom stereocenters. The molecule has 1 rings (SSSR count). The number of cyclic esters (lactones) is 1. The predicted octanol–water partition coefficient (Wildman–Crippen LogP) is -0.0926. The number of carbonyl (C=O) groups excluding carboxylic acids is 3. The summed E-state index contributed by atoms with van der Waals surface area (Å²) in [6.07, 6.45) is 6.15. The first kappa shape index (κ1) is 21.1. The average molecular weight is 356 g/mol. The Kier molecular flexibility index (Phi) is 11.3. The van der Waals surface area contributed by atoms with Crippen LogP contribution in [0.4, 0.5) is 0 Å². The first-order valence-corrected chi connectivity index (χ1v) is 8.67. The second-order valence-corrected chi connectivity index (χ2v) is 5.70. The van der Waals surface area contributed by atoms with E-state index in [-0.39, 0.29) is 50.6 Å². The molecular weight excluding hydrogens is 328 g/mol. The zero-order valence-corrected chi connectivity index (χ0v) is 14.5. The Morgan fingerprint density at radius 2 is 2.20 bits per heavy atom. The number of rotatable bonds is 7. The van der Waals surface area contributed by atoms with E-state index in [4.69, 9.17) is 14.6 Å². The molecule has 0 fully saturated rings. The molecule has 8 heteroatoms. The van der Waals surface area contributed by atoms with Crippen LogP contribution in [0.15, 0.2) is 12.2 Å². The quantitative estimate of drug-likeness (QED) is 0.334. The summed E-state index contributed by atoms with van der Waals surface area (Å²) in [7, 11) is 0. The van der Waals surface area contributed by atoms with E-state index in [0.717, 1.165) is 6.42 Å². The first-order chi connectivity index (χ1) is 12.1. The van der Waals surface area contributed by atoms with Crippen molar-refractivity contribution < 1.29 is 29.0 Å². The van der Waals surface area contributed by atoms with Crippen molar-refractivity contribution in [2.24, 2.45) is 5.92 Å². The SMILES string of the molecule is O=C(C[C@H]1CC=CCCCC(=O)OCCNC1=O)NCCOCCO. The Labute approximate surface area is 147 Å². The van der Waals surface area contributed by atoms with Gasteiger partial charge in [0.15, 0.2) is 0 Å². The summed E-state index contributed by atoms with van der Waals surface area (Å²) in [6, 6.07) is 0. The summed E-state index contributed by atoms with van der Waals surface area (Å²) >= 11 is 0. The number of ether oxygens (including phenoxy) is 2. The minimum Gasteiger partial charge on any atom is -0.464 e. The molecule has 0 unspecified atom stereocenters. The lowest BCUT2D eigenvalue weighted by Gasteiger charge is -2.15. The Morgan fingerprint density at radius 1 is 1.36 bits per heavy atom. The third-order valence-electron chi connectivity index (χ3n) is 3.61. The van der Waals surface area contributed by atoms with Crippen LogP contribution < -0.4 is 10.6 Å². The lowest BCUT2D eigenvalue weighted by molar-refractivity contribution is -0.144. The molecule has 0 saturated carbocycles. The number of nitrogens with one attached hydrogen (secondary N) is 2. The standard InChI is InChI=1S/C17H28N2O6/c20-9-12-24-10-7-18-15(21)13-14-5-3-1-2-4-6-16(22)25-11-8-19-17(14)23/h1,3,14,20H,2,4-13H2,(H,18,21)(H,19,23)/t14-/m1/s1. The molecule has 142 valence electrons. The fraction of sp³-hybridized carbons (Fsp3) is 0.706. The predicted molar refractivity (Wildman–Crippen MR) is 90.6 cm³/mol. The van der Waals surface area contributed by atoms with Crippen LogP contribution in [0.25, 0.3) is 0 Å². The minimum atomic E-state index is -0.467. The second-order valence-electron chi connectivity index (χ2n) is 5.70. The van der Waals surface area contributed by atoms with Crippen LogP contribution in [0.3, 0.4) is 0 Å². The molecule has 0 radical (unpaired) electrons. The van der Waals surface area contributed by atoms with E-state index in [0.29, 0.717) is 32.4 Å². The van der Waals surface area contributed by atoms with Gasteiger partial charge in [-0.25, -0.2) is 0 Å². The van der Waals surface area contributed by atoms with Crippen LogP contribution in [0, 0.1) is 5.92 Å². The van der Waals surface area contributed by atoms with Gasteiger partial charge in [0.05, 0.1) is 32.3 Å². The third-order valence-corrected chi connectivity index (χ3v) is 3.61. The largest absolute Gasteiger partial charge is 0.464 e. The fourth-order valence-corrected chi connectivity index (χ4v) is 2.31. The van der Waals surface area contributed by atoms with Crippen LogP contribution in [0.2, 0.25) is 0 Å². The minimum absolute atomic E-state index is 0.0577. The van der Waals surface area contributed by atoms with E-state index in [1.165, 1.54) is 0 Å². The summed E-state index contributed by atoms with van der Waals surface area (Å²) in [5.41, 5.74) is 0. The van der Waals surface area contributed by atoms with E-state index >= 15 is 0 Å². The van der Waals surface area contributed by atoms with E-state index in [2.05, 4.69) is 10.6 Å². The molecule has 8 nitrogen and oxygen atoms in total. The van der Waals surface area contributed by atoms with E-state index in [1.54, 1.807) is 0 Å². The maximum Gasteiger partial charge on any atom is 0.305 e. The Morgan fingerprint density at radius 3 is 3.00 bits per heavy atom. The highest BCUT2D eigenvalue weighted by Gasteiger charge is 2.20. The summed E-state index contributed by atoms with van der Waals surface area (Å²) in [5.74, 6) is -1.18. The number of hydrogen-bond acceptors (Lipinski definition) is 6. The average Bonchev–Trinajstić information content (AvgIpc) is 2.60. The molecule has 0 aromatic rings. The zero-order chi connectivity index (χ0) is 18.3. The Bertz CT molecular complexity index is 452. The van der Waals surface area contributed by atoms with Gasteiger partial charge in [0.25, 0.3) is 0 Å².